The maximum Gasteiger partial charge on any atom is 0.228 e. The Hall–Kier alpha value is -2.43. The van der Waals surface area contributed by atoms with E-state index in [1.54, 1.807) is 13.2 Å². The average Bonchev–Trinajstić information content (AvgIpc) is 3.39. The fraction of sp³-hybridized carbons (Fsp3) is 0.400. The molecule has 8 nitrogen and oxygen atoms in total. The van der Waals surface area contributed by atoms with Gasteiger partial charge in [0.05, 0.1) is 11.7 Å². The maximum absolute atomic E-state index is 5.27. The maximum atomic E-state index is 5.27. The van der Waals surface area contributed by atoms with Crippen LogP contribution in [0.4, 0.5) is 0 Å². The zero-order chi connectivity index (χ0) is 19.9. The molecule has 156 valence electrons. The predicted octanol–water partition coefficient (Wildman–Crippen LogP) is 3.47. The Balaban J connectivity index is 0.00000300. The van der Waals surface area contributed by atoms with Gasteiger partial charge in [0.1, 0.15) is 0 Å². The number of guanidine groups is 1. The van der Waals surface area contributed by atoms with E-state index in [0.717, 1.165) is 23.0 Å². The minimum absolute atomic E-state index is 0. The van der Waals surface area contributed by atoms with Crippen LogP contribution >= 0.6 is 24.0 Å². The second-order valence-electron chi connectivity index (χ2n) is 6.86. The molecule has 0 aliphatic heterocycles. The summed E-state index contributed by atoms with van der Waals surface area (Å²) in [4.78, 5) is 8.69. The number of aromatic nitrogens is 4. The summed E-state index contributed by atoms with van der Waals surface area (Å²) in [5.74, 6) is 2.36. The van der Waals surface area contributed by atoms with Gasteiger partial charge in [0, 0.05) is 38.3 Å². The van der Waals surface area contributed by atoms with Gasteiger partial charge >= 0.3 is 0 Å². The Morgan fingerprint density at radius 3 is 2.72 bits per heavy atom. The predicted molar refractivity (Wildman–Crippen MR) is 124 cm³/mol. The monoisotopic (exact) mass is 509 g/mol. The summed E-state index contributed by atoms with van der Waals surface area (Å²) in [6.07, 6.45) is 4.34. The van der Waals surface area contributed by atoms with Gasteiger partial charge in [0.2, 0.25) is 5.89 Å². The quantitative estimate of drug-likeness (QED) is 0.288. The van der Waals surface area contributed by atoms with Crippen LogP contribution in [0.15, 0.2) is 52.2 Å². The first kappa shape index (κ1) is 22.9. The standard InChI is InChI=1S/C20H27N7O.HI/c1-14(2)19-25-18(28-26-19)9-11-22-20(21-4)24-15(3)16-7-5-8-17(13-16)27-12-6-10-23-27;/h5-8,10,12-15H,9,11H2,1-4H3,(H2,21,22,24);1H. The normalized spacial score (nSPS) is 12.5. The van der Waals surface area contributed by atoms with E-state index in [2.05, 4.69) is 49.9 Å². The van der Waals surface area contributed by atoms with Crippen molar-refractivity contribution in [2.45, 2.75) is 39.2 Å². The zero-order valence-corrected chi connectivity index (χ0v) is 19.5. The fourth-order valence-electron chi connectivity index (χ4n) is 2.73. The first-order valence-corrected chi connectivity index (χ1v) is 9.46. The molecule has 0 aliphatic rings. The Bertz CT molecular complexity index is 905. The molecule has 0 bridgehead atoms. The van der Waals surface area contributed by atoms with Crippen LogP contribution in [0.1, 0.15) is 50.0 Å². The summed E-state index contributed by atoms with van der Waals surface area (Å²) in [5, 5.41) is 15.0. The molecule has 0 aliphatic carbocycles. The van der Waals surface area contributed by atoms with Gasteiger partial charge in [-0.05, 0) is 30.7 Å². The van der Waals surface area contributed by atoms with Crippen LogP contribution in [-0.2, 0) is 6.42 Å². The van der Waals surface area contributed by atoms with Crippen molar-refractivity contribution in [3.8, 4) is 5.69 Å². The number of aliphatic imine (C=N–C) groups is 1. The van der Waals surface area contributed by atoms with Crippen LogP contribution in [0.2, 0.25) is 0 Å². The molecule has 0 fully saturated rings. The number of hydrogen-bond donors (Lipinski definition) is 2. The van der Waals surface area contributed by atoms with Crippen molar-refractivity contribution in [1.82, 2.24) is 30.6 Å². The Morgan fingerprint density at radius 2 is 2.07 bits per heavy atom. The molecule has 2 N–H and O–H groups in total. The third-order valence-corrected chi connectivity index (χ3v) is 4.35. The lowest BCUT2D eigenvalue weighted by Crippen LogP contribution is -2.39. The molecule has 2 heterocycles. The molecule has 0 saturated heterocycles. The fourth-order valence-corrected chi connectivity index (χ4v) is 2.73. The van der Waals surface area contributed by atoms with E-state index < -0.39 is 0 Å². The lowest BCUT2D eigenvalue weighted by Gasteiger charge is -2.18. The molecule has 1 unspecified atom stereocenters. The van der Waals surface area contributed by atoms with Gasteiger partial charge in [-0.2, -0.15) is 10.1 Å². The van der Waals surface area contributed by atoms with Crippen molar-refractivity contribution in [2.24, 2.45) is 4.99 Å². The second kappa shape index (κ2) is 10.9. The summed E-state index contributed by atoms with van der Waals surface area (Å²) in [6.45, 7) is 6.84. The highest BCUT2D eigenvalue weighted by atomic mass is 127. The molecule has 9 heteroatoms. The molecule has 1 aromatic carbocycles. The minimum Gasteiger partial charge on any atom is -0.356 e. The molecular formula is C20H28IN7O. The smallest absolute Gasteiger partial charge is 0.228 e. The van der Waals surface area contributed by atoms with Gasteiger partial charge < -0.3 is 15.2 Å². The Labute approximate surface area is 188 Å². The van der Waals surface area contributed by atoms with E-state index in [9.17, 15) is 0 Å². The molecule has 1 atom stereocenters. The molecule has 2 aromatic heterocycles. The van der Waals surface area contributed by atoms with E-state index in [1.165, 1.54) is 0 Å². The van der Waals surface area contributed by atoms with Gasteiger partial charge in [-0.3, -0.25) is 4.99 Å². The highest BCUT2D eigenvalue weighted by molar-refractivity contribution is 14.0. The van der Waals surface area contributed by atoms with Crippen molar-refractivity contribution < 1.29 is 4.52 Å². The third-order valence-electron chi connectivity index (χ3n) is 4.35. The van der Waals surface area contributed by atoms with Crippen molar-refractivity contribution in [3.05, 3.63) is 60.0 Å². The van der Waals surface area contributed by atoms with Gasteiger partial charge in [0.25, 0.3) is 0 Å². The topological polar surface area (TPSA) is 93.2 Å². The van der Waals surface area contributed by atoms with Crippen LogP contribution in [0.3, 0.4) is 0 Å². The number of benzene rings is 1. The molecule has 3 rings (SSSR count). The van der Waals surface area contributed by atoms with Crippen LogP contribution in [0.5, 0.6) is 0 Å². The molecule has 29 heavy (non-hydrogen) atoms. The Kier molecular flexibility index (Phi) is 8.62. The summed E-state index contributed by atoms with van der Waals surface area (Å²) in [5.41, 5.74) is 2.17. The highest BCUT2D eigenvalue weighted by Crippen LogP contribution is 2.16. The lowest BCUT2D eigenvalue weighted by atomic mass is 10.1. The number of hydrogen-bond acceptors (Lipinski definition) is 5. The molecule has 0 spiro atoms. The second-order valence-corrected chi connectivity index (χ2v) is 6.86. The van der Waals surface area contributed by atoms with E-state index in [1.807, 2.05) is 42.9 Å². The highest BCUT2D eigenvalue weighted by Gasteiger charge is 2.11. The van der Waals surface area contributed by atoms with Gasteiger partial charge in [-0.1, -0.05) is 31.1 Å². The molecule has 0 saturated carbocycles. The summed E-state index contributed by atoms with van der Waals surface area (Å²) < 4.78 is 7.12. The number of nitrogens with one attached hydrogen (secondary N) is 2. The van der Waals surface area contributed by atoms with Gasteiger partial charge in [-0.25, -0.2) is 4.68 Å². The zero-order valence-electron chi connectivity index (χ0n) is 17.2. The average molecular weight is 509 g/mol. The van der Waals surface area contributed by atoms with Gasteiger partial charge in [-0.15, -0.1) is 24.0 Å². The SMILES string of the molecule is CN=C(NCCc1nc(C(C)C)no1)NC(C)c1cccc(-n2cccn2)c1.I. The molecule has 3 aromatic rings. The van der Waals surface area contributed by atoms with Crippen LogP contribution in [0.25, 0.3) is 5.69 Å². The van der Waals surface area contributed by atoms with Gasteiger partial charge in [0.15, 0.2) is 11.8 Å². The van der Waals surface area contributed by atoms with E-state index >= 15 is 0 Å². The molecular weight excluding hydrogens is 481 g/mol. The number of halogens is 1. The van der Waals surface area contributed by atoms with Crippen LogP contribution in [-0.4, -0.2) is 39.5 Å². The van der Waals surface area contributed by atoms with E-state index in [0.29, 0.717) is 18.9 Å². The van der Waals surface area contributed by atoms with Crippen LogP contribution < -0.4 is 10.6 Å². The largest absolute Gasteiger partial charge is 0.356 e. The number of rotatable bonds is 7. The molecule has 0 radical (unpaired) electrons. The van der Waals surface area contributed by atoms with E-state index in [4.69, 9.17) is 4.52 Å². The van der Waals surface area contributed by atoms with Crippen molar-refractivity contribution >= 4 is 29.9 Å². The first-order chi connectivity index (χ1) is 13.6. The minimum atomic E-state index is 0. The van der Waals surface area contributed by atoms with Crippen LogP contribution in [0, 0.1) is 0 Å². The molecule has 0 amide bonds. The first-order valence-electron chi connectivity index (χ1n) is 9.46. The number of nitrogens with zero attached hydrogens (tertiary/aromatic N) is 5. The summed E-state index contributed by atoms with van der Waals surface area (Å²) >= 11 is 0. The lowest BCUT2D eigenvalue weighted by molar-refractivity contribution is 0.371. The van der Waals surface area contributed by atoms with E-state index in [-0.39, 0.29) is 35.9 Å². The summed E-state index contributed by atoms with van der Waals surface area (Å²) in [7, 11) is 1.76. The van der Waals surface area contributed by atoms with Crippen molar-refractivity contribution in [3.63, 3.8) is 0 Å². The summed E-state index contributed by atoms with van der Waals surface area (Å²) in [6, 6.07) is 10.3. The third kappa shape index (κ3) is 6.28. The van der Waals surface area contributed by atoms with Crippen molar-refractivity contribution in [1.29, 1.82) is 0 Å². The van der Waals surface area contributed by atoms with Crippen molar-refractivity contribution in [2.75, 3.05) is 13.6 Å². The Morgan fingerprint density at radius 1 is 1.24 bits per heavy atom.